The Kier molecular flexibility index (Phi) is 4.74. The van der Waals surface area contributed by atoms with E-state index in [9.17, 15) is 14.4 Å². The van der Waals surface area contributed by atoms with Gasteiger partial charge in [-0.25, -0.2) is 9.59 Å². The maximum Gasteiger partial charge on any atom is 0.328 e. The van der Waals surface area contributed by atoms with E-state index in [0.29, 0.717) is 0 Å². The number of nitrogens with zero attached hydrogens (tertiary/aromatic N) is 1. The highest BCUT2D eigenvalue weighted by molar-refractivity contribution is 5.87. The third-order valence-corrected chi connectivity index (χ3v) is 1.97. The summed E-state index contributed by atoms with van der Waals surface area (Å²) in [6, 6.07) is -0.631. The van der Waals surface area contributed by atoms with Crippen molar-refractivity contribution in [3.05, 3.63) is 0 Å². The van der Waals surface area contributed by atoms with Crippen molar-refractivity contribution in [1.29, 1.82) is 0 Å². The number of hydrogen-bond donors (Lipinski definition) is 3. The van der Waals surface area contributed by atoms with Crippen LogP contribution in [0.5, 0.6) is 0 Å². The molecule has 0 aliphatic heterocycles. The lowest BCUT2D eigenvalue weighted by Gasteiger charge is -2.26. The summed E-state index contributed by atoms with van der Waals surface area (Å²) in [7, 11) is 0. The topological polar surface area (TPSA) is 113 Å². The predicted molar refractivity (Wildman–Crippen MR) is 56.7 cm³/mol. The van der Waals surface area contributed by atoms with Gasteiger partial charge in [0, 0.05) is 6.54 Å². The largest absolute Gasteiger partial charge is 0.480 e. The van der Waals surface area contributed by atoms with E-state index in [0.717, 1.165) is 4.90 Å². The van der Waals surface area contributed by atoms with Crippen molar-refractivity contribution in [2.24, 2.45) is 5.73 Å². The SMILES string of the molecule is CCN(CC(N)=O)C(=O)NC(C)(C)C(=O)O. The molecule has 16 heavy (non-hydrogen) atoms. The van der Waals surface area contributed by atoms with Crippen LogP contribution in [0.1, 0.15) is 20.8 Å². The molecule has 0 heterocycles. The first-order valence-electron chi connectivity index (χ1n) is 4.79. The van der Waals surface area contributed by atoms with Crippen LogP contribution in [0.2, 0.25) is 0 Å². The Bertz CT molecular complexity index is 301. The van der Waals surface area contributed by atoms with Crippen LogP contribution in [0.4, 0.5) is 4.79 Å². The van der Waals surface area contributed by atoms with Crippen LogP contribution in [-0.4, -0.2) is 46.5 Å². The van der Waals surface area contributed by atoms with Gasteiger partial charge in [-0.05, 0) is 20.8 Å². The molecule has 7 nitrogen and oxygen atoms in total. The molecule has 7 heteroatoms. The molecule has 0 aromatic heterocycles. The van der Waals surface area contributed by atoms with Crippen molar-refractivity contribution in [2.75, 3.05) is 13.1 Å². The fourth-order valence-corrected chi connectivity index (χ4v) is 0.915. The quantitative estimate of drug-likeness (QED) is 0.584. The van der Waals surface area contributed by atoms with Gasteiger partial charge in [0.25, 0.3) is 0 Å². The molecule has 0 spiro atoms. The highest BCUT2D eigenvalue weighted by atomic mass is 16.4. The number of carbonyl (C=O) groups excluding carboxylic acids is 2. The summed E-state index contributed by atoms with van der Waals surface area (Å²) in [5.74, 6) is -1.80. The van der Waals surface area contributed by atoms with Gasteiger partial charge in [0.15, 0.2) is 0 Å². The van der Waals surface area contributed by atoms with Gasteiger partial charge in [-0.3, -0.25) is 4.79 Å². The first-order chi connectivity index (χ1) is 7.20. The highest BCUT2D eigenvalue weighted by Crippen LogP contribution is 2.03. The number of aliphatic carboxylic acids is 1. The lowest BCUT2D eigenvalue weighted by molar-refractivity contribution is -0.143. The monoisotopic (exact) mass is 231 g/mol. The number of carboxylic acids is 1. The number of amides is 3. The molecule has 3 amide bonds. The molecule has 0 aliphatic carbocycles. The number of carboxylic acid groups (broad SMARTS) is 1. The Balaban J connectivity index is 4.54. The minimum atomic E-state index is -1.39. The second kappa shape index (κ2) is 5.34. The minimum absolute atomic E-state index is 0.238. The van der Waals surface area contributed by atoms with Gasteiger partial charge in [0.1, 0.15) is 12.1 Å². The Morgan fingerprint density at radius 2 is 1.88 bits per heavy atom. The van der Waals surface area contributed by atoms with E-state index in [1.165, 1.54) is 13.8 Å². The summed E-state index contributed by atoms with van der Waals surface area (Å²) in [5.41, 5.74) is 3.57. The molecule has 0 saturated carbocycles. The average molecular weight is 231 g/mol. The molecule has 92 valence electrons. The number of carbonyl (C=O) groups is 3. The summed E-state index contributed by atoms with van der Waals surface area (Å²) in [6.07, 6.45) is 0. The van der Waals surface area contributed by atoms with Crippen molar-refractivity contribution in [3.63, 3.8) is 0 Å². The van der Waals surface area contributed by atoms with Crippen LogP contribution < -0.4 is 11.1 Å². The van der Waals surface area contributed by atoms with Gasteiger partial charge in [0.05, 0.1) is 0 Å². The highest BCUT2D eigenvalue weighted by Gasteiger charge is 2.30. The number of nitrogens with two attached hydrogens (primary N) is 1. The molecule has 0 aliphatic rings. The van der Waals surface area contributed by atoms with Crippen molar-refractivity contribution in [3.8, 4) is 0 Å². The third-order valence-electron chi connectivity index (χ3n) is 1.97. The van der Waals surface area contributed by atoms with E-state index in [1.54, 1.807) is 6.92 Å². The number of primary amides is 1. The van der Waals surface area contributed by atoms with Gasteiger partial charge in [-0.15, -0.1) is 0 Å². The number of likely N-dealkylation sites (N-methyl/N-ethyl adjacent to an activating group) is 1. The molecule has 0 saturated heterocycles. The average Bonchev–Trinajstić information content (AvgIpc) is 2.12. The molecule has 0 fully saturated rings. The lowest BCUT2D eigenvalue weighted by Crippen LogP contribution is -2.55. The lowest BCUT2D eigenvalue weighted by atomic mass is 10.1. The number of nitrogens with one attached hydrogen (secondary N) is 1. The Labute approximate surface area is 93.6 Å². The summed E-state index contributed by atoms with van der Waals surface area (Å²) in [5, 5.41) is 11.1. The summed E-state index contributed by atoms with van der Waals surface area (Å²) < 4.78 is 0. The standard InChI is InChI=1S/C9H17N3O4/c1-4-12(5-6(10)13)8(16)11-9(2,3)7(14)15/h4-5H2,1-3H3,(H2,10,13)(H,11,16)(H,14,15). The smallest absolute Gasteiger partial charge is 0.328 e. The van der Waals surface area contributed by atoms with Gasteiger partial charge in [-0.1, -0.05) is 0 Å². The number of urea groups is 1. The predicted octanol–water partition coefficient (Wildman–Crippen LogP) is -0.634. The Morgan fingerprint density at radius 3 is 2.19 bits per heavy atom. The molecule has 0 rings (SSSR count). The van der Waals surface area contributed by atoms with Crippen molar-refractivity contribution < 1.29 is 19.5 Å². The van der Waals surface area contributed by atoms with Crippen LogP contribution in [0.25, 0.3) is 0 Å². The second-order valence-electron chi connectivity index (χ2n) is 3.84. The number of hydrogen-bond acceptors (Lipinski definition) is 3. The van der Waals surface area contributed by atoms with Crippen molar-refractivity contribution in [2.45, 2.75) is 26.3 Å². The minimum Gasteiger partial charge on any atom is -0.480 e. The first-order valence-corrected chi connectivity index (χ1v) is 4.79. The van der Waals surface area contributed by atoms with Crippen LogP contribution in [0.15, 0.2) is 0 Å². The van der Waals surface area contributed by atoms with Gasteiger partial charge < -0.3 is 21.1 Å². The van der Waals surface area contributed by atoms with Crippen LogP contribution in [0.3, 0.4) is 0 Å². The summed E-state index contributed by atoms with van der Waals surface area (Å²) >= 11 is 0. The molecule has 0 bridgehead atoms. The van der Waals surface area contributed by atoms with E-state index in [4.69, 9.17) is 10.8 Å². The van der Waals surface area contributed by atoms with E-state index in [1.807, 2.05) is 0 Å². The first kappa shape index (κ1) is 14.2. The Morgan fingerprint density at radius 1 is 1.38 bits per heavy atom. The normalized spacial score (nSPS) is 10.7. The van der Waals surface area contributed by atoms with E-state index in [2.05, 4.69) is 5.32 Å². The van der Waals surface area contributed by atoms with Crippen LogP contribution in [-0.2, 0) is 9.59 Å². The molecule has 4 N–H and O–H groups in total. The maximum atomic E-state index is 11.6. The zero-order chi connectivity index (χ0) is 12.9. The molecular weight excluding hydrogens is 214 g/mol. The zero-order valence-corrected chi connectivity index (χ0v) is 9.61. The summed E-state index contributed by atoms with van der Waals surface area (Å²) in [4.78, 5) is 34.1. The molecule has 0 aromatic carbocycles. The van der Waals surface area contributed by atoms with Gasteiger partial charge >= 0.3 is 12.0 Å². The van der Waals surface area contributed by atoms with E-state index < -0.39 is 23.4 Å². The molecule has 0 unspecified atom stereocenters. The van der Waals surface area contributed by atoms with E-state index >= 15 is 0 Å². The van der Waals surface area contributed by atoms with E-state index in [-0.39, 0.29) is 13.1 Å². The molecule has 0 atom stereocenters. The van der Waals surface area contributed by atoms with Crippen molar-refractivity contribution >= 4 is 17.9 Å². The van der Waals surface area contributed by atoms with Crippen molar-refractivity contribution in [1.82, 2.24) is 10.2 Å². The van der Waals surface area contributed by atoms with Crippen LogP contribution >= 0.6 is 0 Å². The van der Waals surface area contributed by atoms with Crippen LogP contribution in [0, 0.1) is 0 Å². The zero-order valence-electron chi connectivity index (χ0n) is 9.61. The second-order valence-corrected chi connectivity index (χ2v) is 3.84. The molecular formula is C9H17N3O4. The third kappa shape index (κ3) is 4.16. The maximum absolute atomic E-state index is 11.6. The van der Waals surface area contributed by atoms with Gasteiger partial charge in [0.2, 0.25) is 5.91 Å². The molecule has 0 radical (unpaired) electrons. The Hall–Kier alpha value is -1.79. The van der Waals surface area contributed by atoms with Gasteiger partial charge in [-0.2, -0.15) is 0 Å². The fourth-order valence-electron chi connectivity index (χ4n) is 0.915. The summed E-state index contributed by atoms with van der Waals surface area (Å²) in [6.45, 7) is 4.40. The fraction of sp³-hybridized carbons (Fsp3) is 0.667. The number of rotatable bonds is 5. The molecule has 0 aromatic rings.